The number of nitrogens with one attached hydrogen (secondary N) is 1. The van der Waals surface area contributed by atoms with Crippen LogP contribution in [-0.2, 0) is 15.6 Å². The predicted molar refractivity (Wildman–Crippen MR) is 114 cm³/mol. The Balaban J connectivity index is 1.48. The first kappa shape index (κ1) is 18.9. The van der Waals surface area contributed by atoms with E-state index in [1.165, 1.54) is 19.1 Å². The number of nitrogens with zero attached hydrogens (tertiary/aromatic N) is 2. The average Bonchev–Trinajstić information content (AvgIpc) is 3.30. The SMILES string of the molecule is CS(=O)(=O)Cc1ccc(C(=O)Nc2ccc3nc(N4CCCC4)sc3c2)cc1. The molecule has 0 atom stereocenters. The van der Waals surface area contributed by atoms with Gasteiger partial charge in [0.2, 0.25) is 0 Å². The second-order valence-electron chi connectivity index (χ2n) is 7.09. The molecule has 0 aliphatic carbocycles. The van der Waals surface area contributed by atoms with Gasteiger partial charge in [0, 0.05) is 30.6 Å². The number of amides is 1. The second-order valence-corrected chi connectivity index (χ2v) is 10.2. The van der Waals surface area contributed by atoms with Gasteiger partial charge in [-0.05, 0) is 48.7 Å². The van der Waals surface area contributed by atoms with Gasteiger partial charge in [-0.25, -0.2) is 13.4 Å². The molecule has 8 heteroatoms. The molecule has 0 radical (unpaired) electrons. The largest absolute Gasteiger partial charge is 0.348 e. The fourth-order valence-corrected chi connectivity index (χ4v) is 5.15. The Morgan fingerprint density at radius 1 is 1.14 bits per heavy atom. The van der Waals surface area contributed by atoms with Gasteiger partial charge in [0.1, 0.15) is 0 Å². The second kappa shape index (κ2) is 7.52. The van der Waals surface area contributed by atoms with E-state index in [9.17, 15) is 13.2 Å². The van der Waals surface area contributed by atoms with E-state index in [4.69, 9.17) is 4.98 Å². The van der Waals surface area contributed by atoms with Gasteiger partial charge in [-0.15, -0.1) is 0 Å². The van der Waals surface area contributed by atoms with Crippen molar-refractivity contribution in [1.82, 2.24) is 4.98 Å². The first-order valence-corrected chi connectivity index (χ1v) is 12.0. The summed E-state index contributed by atoms with van der Waals surface area (Å²) >= 11 is 1.65. The Labute approximate surface area is 168 Å². The first-order chi connectivity index (χ1) is 13.4. The van der Waals surface area contributed by atoms with Crippen molar-refractivity contribution in [3.63, 3.8) is 0 Å². The lowest BCUT2D eigenvalue weighted by Crippen LogP contribution is -2.16. The molecule has 2 heterocycles. The molecule has 2 aromatic carbocycles. The van der Waals surface area contributed by atoms with Crippen molar-refractivity contribution in [3.05, 3.63) is 53.6 Å². The smallest absolute Gasteiger partial charge is 0.255 e. The summed E-state index contributed by atoms with van der Waals surface area (Å²) < 4.78 is 23.8. The number of carbonyl (C=O) groups is 1. The monoisotopic (exact) mass is 415 g/mol. The summed E-state index contributed by atoms with van der Waals surface area (Å²) in [7, 11) is -3.09. The molecule has 1 aliphatic heterocycles. The summed E-state index contributed by atoms with van der Waals surface area (Å²) in [4.78, 5) is 19.5. The van der Waals surface area contributed by atoms with Crippen molar-refractivity contribution in [2.75, 3.05) is 29.6 Å². The van der Waals surface area contributed by atoms with Gasteiger partial charge in [0.05, 0.1) is 16.0 Å². The van der Waals surface area contributed by atoms with E-state index in [2.05, 4.69) is 10.2 Å². The van der Waals surface area contributed by atoms with E-state index in [1.807, 2.05) is 18.2 Å². The number of rotatable bonds is 5. The summed E-state index contributed by atoms with van der Waals surface area (Å²) in [6.07, 6.45) is 3.61. The Hall–Kier alpha value is -2.45. The number of hydrogen-bond donors (Lipinski definition) is 1. The summed E-state index contributed by atoms with van der Waals surface area (Å²) in [6, 6.07) is 12.4. The number of thiazole rings is 1. The molecule has 0 unspecified atom stereocenters. The van der Waals surface area contributed by atoms with E-state index >= 15 is 0 Å². The highest BCUT2D eigenvalue weighted by atomic mass is 32.2. The van der Waals surface area contributed by atoms with Gasteiger partial charge >= 0.3 is 0 Å². The van der Waals surface area contributed by atoms with E-state index in [0.717, 1.165) is 28.4 Å². The number of aromatic nitrogens is 1. The van der Waals surface area contributed by atoms with Crippen LogP contribution in [0, 0.1) is 0 Å². The van der Waals surface area contributed by atoms with E-state index in [-0.39, 0.29) is 11.7 Å². The van der Waals surface area contributed by atoms with Crippen molar-refractivity contribution in [2.45, 2.75) is 18.6 Å². The fourth-order valence-electron chi connectivity index (χ4n) is 3.29. The van der Waals surface area contributed by atoms with E-state index in [1.54, 1.807) is 35.6 Å². The number of hydrogen-bond acceptors (Lipinski definition) is 6. The van der Waals surface area contributed by atoms with Gasteiger partial charge in [0.15, 0.2) is 15.0 Å². The van der Waals surface area contributed by atoms with Crippen LogP contribution in [0.2, 0.25) is 0 Å². The molecule has 0 bridgehead atoms. The number of anilines is 2. The minimum absolute atomic E-state index is 0.0315. The highest BCUT2D eigenvalue weighted by Gasteiger charge is 2.16. The van der Waals surface area contributed by atoms with Gasteiger partial charge in [-0.1, -0.05) is 23.5 Å². The van der Waals surface area contributed by atoms with Crippen LogP contribution in [0.25, 0.3) is 10.2 Å². The van der Waals surface area contributed by atoms with Crippen molar-refractivity contribution in [3.8, 4) is 0 Å². The minimum atomic E-state index is -3.09. The van der Waals surface area contributed by atoms with Crippen LogP contribution in [-0.4, -0.2) is 38.7 Å². The zero-order valence-corrected chi connectivity index (χ0v) is 17.1. The highest BCUT2D eigenvalue weighted by molar-refractivity contribution is 7.89. The van der Waals surface area contributed by atoms with Crippen LogP contribution >= 0.6 is 11.3 Å². The van der Waals surface area contributed by atoms with Gasteiger partial charge in [-0.2, -0.15) is 0 Å². The Morgan fingerprint density at radius 3 is 2.54 bits per heavy atom. The van der Waals surface area contributed by atoms with Crippen LogP contribution in [0.4, 0.5) is 10.8 Å². The highest BCUT2D eigenvalue weighted by Crippen LogP contribution is 2.32. The molecular formula is C20H21N3O3S2. The zero-order valence-electron chi connectivity index (χ0n) is 15.5. The summed E-state index contributed by atoms with van der Waals surface area (Å²) in [5, 5.41) is 3.94. The standard InChI is InChI=1S/C20H21N3O3S2/c1-28(25,26)13-14-4-6-15(7-5-14)19(24)21-16-8-9-17-18(12-16)27-20(22-17)23-10-2-3-11-23/h4-9,12H,2-3,10-11,13H2,1H3,(H,21,24). The Bertz CT molecular complexity index is 1120. The molecule has 1 amide bonds. The molecule has 28 heavy (non-hydrogen) atoms. The maximum atomic E-state index is 12.5. The lowest BCUT2D eigenvalue weighted by atomic mass is 10.1. The molecule has 1 saturated heterocycles. The average molecular weight is 416 g/mol. The molecule has 6 nitrogen and oxygen atoms in total. The molecule has 1 fully saturated rings. The maximum absolute atomic E-state index is 12.5. The molecule has 0 spiro atoms. The zero-order chi connectivity index (χ0) is 19.7. The lowest BCUT2D eigenvalue weighted by molar-refractivity contribution is 0.102. The number of fused-ring (bicyclic) bond motifs is 1. The number of carbonyl (C=O) groups excluding carboxylic acids is 1. The third-order valence-electron chi connectivity index (χ3n) is 4.66. The summed E-state index contributed by atoms with van der Waals surface area (Å²) in [5.74, 6) is -0.259. The molecule has 1 aromatic heterocycles. The van der Waals surface area contributed by atoms with Crippen LogP contribution in [0.15, 0.2) is 42.5 Å². The molecule has 1 aliphatic rings. The van der Waals surface area contributed by atoms with Crippen molar-refractivity contribution in [1.29, 1.82) is 0 Å². The topological polar surface area (TPSA) is 79.4 Å². The molecule has 146 valence electrons. The third-order valence-corrected chi connectivity index (χ3v) is 6.59. The van der Waals surface area contributed by atoms with Crippen LogP contribution < -0.4 is 10.2 Å². The van der Waals surface area contributed by atoms with Crippen LogP contribution in [0.3, 0.4) is 0 Å². The Morgan fingerprint density at radius 2 is 1.86 bits per heavy atom. The van der Waals surface area contributed by atoms with Crippen molar-refractivity contribution in [2.24, 2.45) is 0 Å². The summed E-state index contributed by atoms with van der Waals surface area (Å²) in [6.45, 7) is 2.11. The van der Waals surface area contributed by atoms with Crippen LogP contribution in [0.5, 0.6) is 0 Å². The molecular weight excluding hydrogens is 394 g/mol. The number of sulfone groups is 1. The Kier molecular flexibility index (Phi) is 5.07. The first-order valence-electron chi connectivity index (χ1n) is 9.11. The molecule has 3 aromatic rings. The molecule has 0 saturated carbocycles. The van der Waals surface area contributed by atoms with Gasteiger partial charge < -0.3 is 10.2 Å². The third kappa shape index (κ3) is 4.34. The lowest BCUT2D eigenvalue weighted by Gasteiger charge is -2.11. The minimum Gasteiger partial charge on any atom is -0.348 e. The number of benzene rings is 2. The normalized spacial score (nSPS) is 14.5. The van der Waals surface area contributed by atoms with Crippen molar-refractivity contribution >= 4 is 48.1 Å². The van der Waals surface area contributed by atoms with Crippen LogP contribution in [0.1, 0.15) is 28.8 Å². The van der Waals surface area contributed by atoms with E-state index < -0.39 is 9.84 Å². The molecule has 1 N–H and O–H groups in total. The van der Waals surface area contributed by atoms with Crippen molar-refractivity contribution < 1.29 is 13.2 Å². The summed E-state index contributed by atoms with van der Waals surface area (Å²) in [5.41, 5.74) is 2.81. The quantitative estimate of drug-likeness (QED) is 0.687. The molecule has 4 rings (SSSR count). The predicted octanol–water partition coefficient (Wildman–Crippen LogP) is 3.69. The fraction of sp³-hybridized carbons (Fsp3) is 0.300. The van der Waals surface area contributed by atoms with Gasteiger partial charge in [0.25, 0.3) is 5.91 Å². The van der Waals surface area contributed by atoms with Gasteiger partial charge in [-0.3, -0.25) is 4.79 Å². The maximum Gasteiger partial charge on any atom is 0.255 e. The van der Waals surface area contributed by atoms with E-state index in [0.29, 0.717) is 16.8 Å².